The van der Waals surface area contributed by atoms with E-state index in [2.05, 4.69) is 74.5 Å². The van der Waals surface area contributed by atoms with Crippen LogP contribution in [0.3, 0.4) is 0 Å². The Morgan fingerprint density at radius 2 is 1.61 bits per heavy atom. The van der Waals surface area contributed by atoms with Gasteiger partial charge in [0.15, 0.2) is 0 Å². The van der Waals surface area contributed by atoms with E-state index in [4.69, 9.17) is 21.4 Å². The molecular formula is C30H38ClO3PS. The molecule has 0 aromatic heterocycles. The molecule has 194 valence electrons. The highest BCUT2D eigenvalue weighted by Gasteiger charge is 2.14. The maximum atomic E-state index is 10.9. The largest absolute Gasteiger partial charge is 0.325 e. The van der Waals surface area contributed by atoms with Gasteiger partial charge >= 0.3 is 7.60 Å². The summed E-state index contributed by atoms with van der Waals surface area (Å²) in [6.45, 7) is 4.34. The van der Waals surface area contributed by atoms with Gasteiger partial charge in [0.05, 0.1) is 0 Å². The van der Waals surface area contributed by atoms with Crippen LogP contribution < -0.4 is 0 Å². The van der Waals surface area contributed by atoms with Gasteiger partial charge in [-0.2, -0.15) is 0 Å². The molecule has 0 spiro atoms. The number of thioether (sulfide) groups is 1. The molecule has 6 heteroatoms. The van der Waals surface area contributed by atoms with Crippen molar-refractivity contribution in [3.05, 3.63) is 99.6 Å². The Hall–Kier alpha value is -1.55. The van der Waals surface area contributed by atoms with Crippen molar-refractivity contribution in [3.8, 4) is 0 Å². The molecule has 0 amide bonds. The normalized spacial score (nSPS) is 12.6. The first-order chi connectivity index (χ1) is 17.2. The molecule has 36 heavy (non-hydrogen) atoms. The van der Waals surface area contributed by atoms with Crippen molar-refractivity contribution in [2.45, 2.75) is 69.6 Å². The Morgan fingerprint density at radius 3 is 2.31 bits per heavy atom. The van der Waals surface area contributed by atoms with Crippen LogP contribution in [0.15, 0.2) is 71.6 Å². The summed E-state index contributed by atoms with van der Waals surface area (Å²) in [7, 11) is -3.85. The van der Waals surface area contributed by atoms with E-state index in [-0.39, 0.29) is 6.16 Å². The van der Waals surface area contributed by atoms with Crippen LogP contribution in [0.4, 0.5) is 0 Å². The molecule has 3 aromatic rings. The van der Waals surface area contributed by atoms with Crippen LogP contribution in [-0.2, 0) is 17.4 Å². The van der Waals surface area contributed by atoms with Crippen molar-refractivity contribution < 1.29 is 14.4 Å². The number of benzene rings is 3. The molecule has 3 rings (SSSR count). The van der Waals surface area contributed by atoms with Gasteiger partial charge in [0.25, 0.3) is 0 Å². The van der Waals surface area contributed by atoms with Crippen molar-refractivity contribution in [2.75, 3.05) is 11.9 Å². The smallest absolute Gasteiger partial charge is 0.324 e. The van der Waals surface area contributed by atoms with Crippen molar-refractivity contribution >= 4 is 31.0 Å². The molecule has 3 aromatic carbocycles. The average molecular weight is 545 g/mol. The van der Waals surface area contributed by atoms with E-state index in [1.165, 1.54) is 32.7 Å². The molecule has 1 atom stereocenters. The van der Waals surface area contributed by atoms with Crippen LogP contribution >= 0.6 is 31.0 Å². The van der Waals surface area contributed by atoms with E-state index in [0.717, 1.165) is 49.3 Å². The lowest BCUT2D eigenvalue weighted by Gasteiger charge is -2.19. The molecule has 0 radical (unpaired) electrons. The van der Waals surface area contributed by atoms with Crippen molar-refractivity contribution in [2.24, 2.45) is 0 Å². The summed E-state index contributed by atoms with van der Waals surface area (Å²) < 4.78 is 10.9. The average Bonchev–Trinajstić information content (AvgIpc) is 2.83. The lowest BCUT2D eigenvalue weighted by atomic mass is 9.87. The minimum Gasteiger partial charge on any atom is -0.324 e. The third kappa shape index (κ3) is 10.4. The number of unbranched alkanes of at least 4 members (excludes halogenated alkanes) is 2. The first-order valence-corrected chi connectivity index (χ1v) is 15.9. The quantitative estimate of drug-likeness (QED) is 0.121. The van der Waals surface area contributed by atoms with Gasteiger partial charge in [-0.15, -0.1) is 11.8 Å². The van der Waals surface area contributed by atoms with Crippen molar-refractivity contribution in [3.63, 3.8) is 0 Å². The second kappa shape index (κ2) is 14.4. The number of hydrogen-bond acceptors (Lipinski definition) is 2. The Labute approximate surface area is 225 Å². The highest BCUT2D eigenvalue weighted by Crippen LogP contribution is 2.35. The first-order valence-electron chi connectivity index (χ1n) is 12.8. The minimum atomic E-state index is -3.85. The van der Waals surface area contributed by atoms with Crippen molar-refractivity contribution in [1.82, 2.24) is 0 Å². The van der Waals surface area contributed by atoms with Crippen LogP contribution in [0.5, 0.6) is 0 Å². The summed E-state index contributed by atoms with van der Waals surface area (Å²) in [5.41, 5.74) is 6.66. The van der Waals surface area contributed by atoms with Gasteiger partial charge in [0.1, 0.15) is 0 Å². The molecule has 0 saturated carbocycles. The lowest BCUT2D eigenvalue weighted by Crippen LogP contribution is -2.05. The molecule has 1 unspecified atom stereocenters. The number of halogens is 1. The van der Waals surface area contributed by atoms with Gasteiger partial charge in [0.2, 0.25) is 0 Å². The summed E-state index contributed by atoms with van der Waals surface area (Å²) in [5, 5.41) is 0.800. The standard InChI is InChI=1S/C30H38ClO3PS/c1-23-12-13-26(20-24(23)2)21-27(28-9-6-11-29(31)22-28)10-7-19-36-30-16-14-25(15-17-30)8-4-3-5-18-35(32,33)34/h6,9,11-17,20,22,27H,3-5,7-8,10,18-19,21H2,1-2H3,(H2,32,33,34). The third-order valence-corrected chi connectivity index (χ3v) is 8.91. The highest BCUT2D eigenvalue weighted by molar-refractivity contribution is 7.99. The molecule has 0 fully saturated rings. The maximum Gasteiger partial charge on any atom is 0.325 e. The molecule has 3 nitrogen and oxygen atoms in total. The fourth-order valence-corrected chi connectivity index (χ4v) is 6.17. The number of rotatable bonds is 14. The Bertz CT molecular complexity index is 1140. The Kier molecular flexibility index (Phi) is 11.6. The molecular weight excluding hydrogens is 507 g/mol. The fourth-order valence-electron chi connectivity index (χ4n) is 4.46. The highest BCUT2D eigenvalue weighted by atomic mass is 35.5. The summed E-state index contributed by atoms with van der Waals surface area (Å²) in [5.74, 6) is 1.52. The van der Waals surface area contributed by atoms with Crippen LogP contribution in [0.2, 0.25) is 5.02 Å². The zero-order chi connectivity index (χ0) is 26.0. The van der Waals surface area contributed by atoms with E-state index >= 15 is 0 Å². The Morgan fingerprint density at radius 1 is 0.861 bits per heavy atom. The van der Waals surface area contributed by atoms with E-state index in [9.17, 15) is 4.57 Å². The molecule has 0 saturated heterocycles. The van der Waals surface area contributed by atoms with Crippen LogP contribution in [0.25, 0.3) is 0 Å². The topological polar surface area (TPSA) is 57.5 Å². The van der Waals surface area contributed by atoms with Gasteiger partial charge in [-0.1, -0.05) is 60.5 Å². The van der Waals surface area contributed by atoms with E-state index in [0.29, 0.717) is 12.3 Å². The minimum absolute atomic E-state index is 0.00852. The van der Waals surface area contributed by atoms with Crippen LogP contribution in [0, 0.1) is 13.8 Å². The Balaban J connectivity index is 1.47. The van der Waals surface area contributed by atoms with Crippen molar-refractivity contribution in [1.29, 1.82) is 0 Å². The summed E-state index contributed by atoms with van der Waals surface area (Å²) in [6, 6.07) is 23.9. The predicted molar refractivity (Wildman–Crippen MR) is 155 cm³/mol. The molecule has 2 N–H and O–H groups in total. The number of aryl methyl sites for hydroxylation is 3. The lowest BCUT2D eigenvalue weighted by molar-refractivity contribution is 0.371. The first kappa shape index (κ1) is 29.0. The number of hydrogen-bond donors (Lipinski definition) is 2. The van der Waals surface area contributed by atoms with E-state index in [1.807, 2.05) is 17.8 Å². The van der Waals surface area contributed by atoms with Gasteiger partial charge in [-0.25, -0.2) is 0 Å². The van der Waals surface area contributed by atoms with Gasteiger partial charge < -0.3 is 9.79 Å². The summed E-state index contributed by atoms with van der Waals surface area (Å²) >= 11 is 8.22. The van der Waals surface area contributed by atoms with Gasteiger partial charge in [-0.3, -0.25) is 4.57 Å². The second-order valence-corrected chi connectivity index (χ2v) is 13.1. The second-order valence-electron chi connectivity index (χ2n) is 9.71. The zero-order valence-electron chi connectivity index (χ0n) is 21.3. The van der Waals surface area contributed by atoms with E-state index in [1.54, 1.807) is 0 Å². The molecule has 0 aliphatic heterocycles. The molecule has 0 aliphatic carbocycles. The molecule has 0 heterocycles. The molecule has 0 aliphatic rings. The predicted octanol–water partition coefficient (Wildman–Crippen LogP) is 8.75. The van der Waals surface area contributed by atoms with Crippen LogP contribution in [-0.4, -0.2) is 21.7 Å². The monoisotopic (exact) mass is 544 g/mol. The third-order valence-electron chi connectivity index (χ3n) is 6.68. The van der Waals surface area contributed by atoms with E-state index < -0.39 is 7.60 Å². The molecule has 0 bridgehead atoms. The summed E-state index contributed by atoms with van der Waals surface area (Å²) in [6.07, 6.45) is 6.60. The SMILES string of the molecule is Cc1ccc(CC(CCCSc2ccc(CCCCCP(=O)(O)O)cc2)c2cccc(Cl)c2)cc1C. The summed E-state index contributed by atoms with van der Waals surface area (Å²) in [4.78, 5) is 19.2. The maximum absolute atomic E-state index is 10.9. The van der Waals surface area contributed by atoms with Crippen LogP contribution in [0.1, 0.15) is 65.8 Å². The zero-order valence-corrected chi connectivity index (χ0v) is 23.8. The fraction of sp³-hybridized carbons (Fsp3) is 0.400. The van der Waals surface area contributed by atoms with Gasteiger partial charge in [0, 0.05) is 16.1 Å². The van der Waals surface area contributed by atoms with Gasteiger partial charge in [-0.05, 0) is 116 Å².